The summed E-state index contributed by atoms with van der Waals surface area (Å²) in [6.07, 6.45) is 1.74. The zero-order valence-electron chi connectivity index (χ0n) is 8.03. The van der Waals surface area contributed by atoms with Crippen molar-refractivity contribution in [2.75, 3.05) is 0 Å². The van der Waals surface area contributed by atoms with Crippen LogP contribution in [0.4, 0.5) is 0 Å². The van der Waals surface area contributed by atoms with Gasteiger partial charge in [-0.05, 0) is 13.8 Å². The Kier molecular flexibility index (Phi) is 1.80. The highest BCUT2D eigenvalue weighted by atomic mass is 16.4. The summed E-state index contributed by atoms with van der Waals surface area (Å²) in [4.78, 5) is 17.8. The van der Waals surface area contributed by atoms with Crippen molar-refractivity contribution in [3.8, 4) is 0 Å². The molecule has 14 heavy (non-hydrogen) atoms. The molecule has 0 bridgehead atoms. The standard InChI is InChI=1S/C9H11N3O2/c1-5-4-10-9-11-6(2)7(12(5)9)3-8(13)14/h4H,3H2,1-2H3,(H,10,11)(H,13,14). The number of carbonyl (C=O) groups is 1. The molecule has 0 fully saturated rings. The van der Waals surface area contributed by atoms with E-state index in [0.29, 0.717) is 5.78 Å². The zero-order valence-corrected chi connectivity index (χ0v) is 8.03. The number of carboxylic acids is 1. The second kappa shape index (κ2) is 2.87. The first-order valence-electron chi connectivity index (χ1n) is 4.33. The lowest BCUT2D eigenvalue weighted by atomic mass is 10.2. The van der Waals surface area contributed by atoms with Crippen LogP contribution in [0, 0.1) is 13.8 Å². The molecular formula is C9H11N3O2. The quantitative estimate of drug-likeness (QED) is 0.744. The van der Waals surface area contributed by atoms with E-state index >= 15 is 0 Å². The normalized spacial score (nSPS) is 11.0. The third-order valence-corrected chi connectivity index (χ3v) is 2.26. The summed E-state index contributed by atoms with van der Waals surface area (Å²) < 4.78 is 1.84. The predicted octanol–water partition coefficient (Wildman–Crippen LogP) is 0.906. The molecule has 0 atom stereocenters. The largest absolute Gasteiger partial charge is 0.481 e. The van der Waals surface area contributed by atoms with E-state index < -0.39 is 5.97 Å². The lowest BCUT2D eigenvalue weighted by Crippen LogP contribution is -2.05. The Labute approximate surface area is 80.4 Å². The van der Waals surface area contributed by atoms with Crippen molar-refractivity contribution in [3.63, 3.8) is 0 Å². The van der Waals surface area contributed by atoms with Crippen LogP contribution in [-0.2, 0) is 11.2 Å². The van der Waals surface area contributed by atoms with Crippen LogP contribution in [0.5, 0.6) is 0 Å². The summed E-state index contributed by atoms with van der Waals surface area (Å²) in [6, 6.07) is 0. The fraction of sp³-hybridized carbons (Fsp3) is 0.333. The van der Waals surface area contributed by atoms with Crippen LogP contribution < -0.4 is 0 Å². The Morgan fingerprint density at radius 1 is 1.64 bits per heavy atom. The van der Waals surface area contributed by atoms with Crippen molar-refractivity contribution in [2.24, 2.45) is 0 Å². The van der Waals surface area contributed by atoms with Gasteiger partial charge in [0.05, 0.1) is 18.3 Å². The van der Waals surface area contributed by atoms with E-state index in [0.717, 1.165) is 17.1 Å². The number of aromatic nitrogens is 3. The second-order valence-electron chi connectivity index (χ2n) is 3.33. The number of nitrogens with one attached hydrogen (secondary N) is 1. The average Bonchev–Trinajstić information content (AvgIpc) is 2.56. The van der Waals surface area contributed by atoms with Gasteiger partial charge in [0, 0.05) is 11.4 Å². The Balaban J connectivity index is 2.64. The van der Waals surface area contributed by atoms with Crippen molar-refractivity contribution in [1.29, 1.82) is 0 Å². The van der Waals surface area contributed by atoms with Crippen LogP contribution in [-0.4, -0.2) is 25.4 Å². The minimum atomic E-state index is -0.831. The maximum Gasteiger partial charge on any atom is 0.309 e. The SMILES string of the molecule is Cc1[nH]c2ncc(C)n2c1CC(=O)O. The van der Waals surface area contributed by atoms with Gasteiger partial charge in [-0.3, -0.25) is 9.20 Å². The number of nitrogens with zero attached hydrogens (tertiary/aromatic N) is 2. The molecule has 0 saturated carbocycles. The molecule has 0 aromatic carbocycles. The molecule has 0 amide bonds. The van der Waals surface area contributed by atoms with Gasteiger partial charge in [-0.25, -0.2) is 4.98 Å². The first-order valence-corrected chi connectivity index (χ1v) is 4.33. The topological polar surface area (TPSA) is 70.4 Å². The van der Waals surface area contributed by atoms with Gasteiger partial charge >= 0.3 is 5.97 Å². The molecule has 0 spiro atoms. The Morgan fingerprint density at radius 2 is 2.36 bits per heavy atom. The summed E-state index contributed by atoms with van der Waals surface area (Å²) in [5, 5.41) is 8.75. The molecule has 0 saturated heterocycles. The van der Waals surface area contributed by atoms with E-state index in [2.05, 4.69) is 9.97 Å². The molecule has 0 aliphatic heterocycles. The molecule has 0 unspecified atom stereocenters. The first kappa shape index (κ1) is 8.80. The summed E-state index contributed by atoms with van der Waals surface area (Å²) in [5.41, 5.74) is 2.57. The highest BCUT2D eigenvalue weighted by molar-refractivity contribution is 5.70. The molecule has 0 aliphatic carbocycles. The lowest BCUT2D eigenvalue weighted by Gasteiger charge is -1.98. The van der Waals surface area contributed by atoms with E-state index in [1.165, 1.54) is 0 Å². The number of fused-ring (bicyclic) bond motifs is 1. The van der Waals surface area contributed by atoms with Crippen LogP contribution in [0.3, 0.4) is 0 Å². The van der Waals surface area contributed by atoms with E-state index in [-0.39, 0.29) is 6.42 Å². The van der Waals surface area contributed by atoms with Gasteiger partial charge in [-0.2, -0.15) is 0 Å². The smallest absolute Gasteiger partial charge is 0.309 e. The Hall–Kier alpha value is -1.78. The van der Waals surface area contributed by atoms with Crippen molar-refractivity contribution in [3.05, 3.63) is 23.3 Å². The third kappa shape index (κ3) is 1.17. The average molecular weight is 193 g/mol. The molecule has 5 heteroatoms. The number of aliphatic carboxylic acids is 1. The van der Waals surface area contributed by atoms with Crippen LogP contribution in [0.1, 0.15) is 17.1 Å². The number of rotatable bonds is 2. The molecule has 0 radical (unpaired) electrons. The van der Waals surface area contributed by atoms with Gasteiger partial charge < -0.3 is 10.1 Å². The minimum Gasteiger partial charge on any atom is -0.481 e. The maximum absolute atomic E-state index is 10.6. The van der Waals surface area contributed by atoms with Crippen molar-refractivity contribution >= 4 is 11.7 Å². The van der Waals surface area contributed by atoms with Crippen LogP contribution in [0.2, 0.25) is 0 Å². The number of imidazole rings is 2. The van der Waals surface area contributed by atoms with Crippen molar-refractivity contribution in [1.82, 2.24) is 14.4 Å². The molecule has 2 N–H and O–H groups in total. The number of carboxylic acid groups (broad SMARTS) is 1. The first-order chi connectivity index (χ1) is 6.59. The molecule has 74 valence electrons. The second-order valence-corrected chi connectivity index (χ2v) is 3.33. The lowest BCUT2D eigenvalue weighted by molar-refractivity contribution is -0.136. The number of aromatic amines is 1. The van der Waals surface area contributed by atoms with E-state index in [1.54, 1.807) is 6.20 Å². The Bertz CT molecular complexity index is 495. The van der Waals surface area contributed by atoms with Crippen molar-refractivity contribution in [2.45, 2.75) is 20.3 Å². The highest BCUT2D eigenvalue weighted by Crippen LogP contribution is 2.14. The maximum atomic E-state index is 10.6. The predicted molar refractivity (Wildman–Crippen MR) is 50.4 cm³/mol. The molecule has 2 aromatic rings. The van der Waals surface area contributed by atoms with Gasteiger partial charge in [0.15, 0.2) is 0 Å². The van der Waals surface area contributed by atoms with Crippen molar-refractivity contribution < 1.29 is 9.90 Å². The monoisotopic (exact) mass is 193 g/mol. The Morgan fingerprint density at radius 3 is 3.00 bits per heavy atom. The van der Waals surface area contributed by atoms with Crippen LogP contribution in [0.25, 0.3) is 5.78 Å². The zero-order chi connectivity index (χ0) is 10.3. The molecule has 2 rings (SSSR count). The molecule has 2 aromatic heterocycles. The van der Waals surface area contributed by atoms with Gasteiger partial charge in [-0.1, -0.05) is 0 Å². The van der Waals surface area contributed by atoms with E-state index in [9.17, 15) is 4.79 Å². The fourth-order valence-electron chi connectivity index (χ4n) is 1.63. The summed E-state index contributed by atoms with van der Waals surface area (Å²) in [6.45, 7) is 3.75. The van der Waals surface area contributed by atoms with Gasteiger partial charge in [-0.15, -0.1) is 0 Å². The van der Waals surface area contributed by atoms with Crippen LogP contribution >= 0.6 is 0 Å². The van der Waals surface area contributed by atoms with Crippen LogP contribution in [0.15, 0.2) is 6.20 Å². The van der Waals surface area contributed by atoms with E-state index in [4.69, 9.17) is 5.11 Å². The molecule has 5 nitrogen and oxygen atoms in total. The number of H-pyrrole nitrogens is 1. The molecule has 0 aliphatic rings. The molecule has 2 heterocycles. The van der Waals surface area contributed by atoms with Gasteiger partial charge in [0.25, 0.3) is 0 Å². The third-order valence-electron chi connectivity index (χ3n) is 2.26. The minimum absolute atomic E-state index is 0.0169. The number of aryl methyl sites for hydroxylation is 2. The van der Waals surface area contributed by atoms with E-state index in [1.807, 2.05) is 18.2 Å². The number of hydrogen-bond acceptors (Lipinski definition) is 2. The summed E-state index contributed by atoms with van der Waals surface area (Å²) >= 11 is 0. The summed E-state index contributed by atoms with van der Waals surface area (Å²) in [7, 11) is 0. The fourth-order valence-corrected chi connectivity index (χ4v) is 1.63. The van der Waals surface area contributed by atoms with Gasteiger partial charge in [0.1, 0.15) is 0 Å². The highest BCUT2D eigenvalue weighted by Gasteiger charge is 2.13. The summed E-state index contributed by atoms with van der Waals surface area (Å²) in [5.74, 6) is -0.127. The van der Waals surface area contributed by atoms with Gasteiger partial charge in [0.2, 0.25) is 5.78 Å². The number of hydrogen-bond donors (Lipinski definition) is 2. The molecular weight excluding hydrogens is 182 g/mol.